The zero-order valence-corrected chi connectivity index (χ0v) is 10.00. The van der Waals surface area contributed by atoms with E-state index in [-0.39, 0.29) is 0 Å². The molecule has 0 fully saturated rings. The van der Waals surface area contributed by atoms with Gasteiger partial charge >= 0.3 is 0 Å². The van der Waals surface area contributed by atoms with Crippen molar-refractivity contribution in [3.63, 3.8) is 0 Å². The van der Waals surface area contributed by atoms with Gasteiger partial charge in [-0.05, 0) is 31.9 Å². The van der Waals surface area contributed by atoms with E-state index >= 15 is 0 Å². The molecule has 0 bridgehead atoms. The zero-order valence-electron chi connectivity index (χ0n) is 8.42. The lowest BCUT2D eigenvalue weighted by Gasteiger charge is -2.11. The first-order chi connectivity index (χ1) is 6.72. The van der Waals surface area contributed by atoms with Crippen molar-refractivity contribution >= 4 is 22.9 Å². The highest BCUT2D eigenvalue weighted by molar-refractivity contribution is 7.16. The highest BCUT2D eigenvalue weighted by Crippen LogP contribution is 2.21. The van der Waals surface area contributed by atoms with E-state index in [2.05, 4.69) is 24.9 Å². The Labute approximate surface area is 94.8 Å². The summed E-state index contributed by atoms with van der Waals surface area (Å²) >= 11 is 7.47. The maximum absolute atomic E-state index is 5.84. The van der Waals surface area contributed by atoms with Crippen LogP contribution in [0.1, 0.15) is 24.6 Å². The van der Waals surface area contributed by atoms with Gasteiger partial charge in [0, 0.05) is 17.5 Å². The van der Waals surface area contributed by atoms with Crippen LogP contribution < -0.4 is 5.32 Å². The second-order valence-corrected chi connectivity index (χ2v) is 5.15. The molecule has 14 heavy (non-hydrogen) atoms. The molecule has 1 N–H and O–H groups in total. The largest absolute Gasteiger partial charge is 0.309 e. The maximum Gasteiger partial charge on any atom is 0.0931 e. The molecule has 1 atom stereocenters. The number of halogens is 1. The molecular weight excluding hydrogens is 214 g/mol. The topological polar surface area (TPSA) is 12.0 Å². The summed E-state index contributed by atoms with van der Waals surface area (Å²) in [6.07, 6.45) is 4.17. The molecule has 0 saturated heterocycles. The zero-order chi connectivity index (χ0) is 10.4. The van der Waals surface area contributed by atoms with E-state index in [9.17, 15) is 0 Å². The number of hydrogen-bond donors (Lipinski definition) is 1. The molecule has 1 nitrogen and oxygen atoms in total. The van der Waals surface area contributed by atoms with Gasteiger partial charge in [-0.15, -0.1) is 17.9 Å². The van der Waals surface area contributed by atoms with Crippen LogP contribution in [0.2, 0.25) is 4.34 Å². The third kappa shape index (κ3) is 4.27. The van der Waals surface area contributed by atoms with Crippen molar-refractivity contribution in [3.8, 4) is 0 Å². The van der Waals surface area contributed by atoms with Gasteiger partial charge in [0.2, 0.25) is 0 Å². The Bertz CT molecular complexity index is 283. The van der Waals surface area contributed by atoms with Crippen molar-refractivity contribution in [1.29, 1.82) is 0 Å². The quantitative estimate of drug-likeness (QED) is 0.731. The summed E-state index contributed by atoms with van der Waals surface area (Å²) in [6, 6.07) is 4.55. The fourth-order valence-electron chi connectivity index (χ4n) is 1.19. The SMILES string of the molecule is C=CCCC(C)NCc1ccc(Cl)s1. The minimum absolute atomic E-state index is 0.536. The van der Waals surface area contributed by atoms with E-state index in [0.717, 1.165) is 23.7 Å². The molecule has 0 amide bonds. The minimum atomic E-state index is 0.536. The molecule has 1 aromatic rings. The molecule has 1 aromatic heterocycles. The number of rotatable bonds is 6. The molecule has 78 valence electrons. The molecule has 0 aromatic carbocycles. The van der Waals surface area contributed by atoms with Crippen molar-refractivity contribution < 1.29 is 0 Å². The van der Waals surface area contributed by atoms with E-state index < -0.39 is 0 Å². The van der Waals surface area contributed by atoms with E-state index in [1.807, 2.05) is 12.1 Å². The summed E-state index contributed by atoms with van der Waals surface area (Å²) < 4.78 is 0.862. The predicted octanol–water partition coefficient (Wildman–Crippen LogP) is 3.85. The predicted molar refractivity (Wildman–Crippen MR) is 65.1 cm³/mol. The van der Waals surface area contributed by atoms with Gasteiger partial charge in [-0.25, -0.2) is 0 Å². The second kappa shape index (κ2) is 6.23. The van der Waals surface area contributed by atoms with Gasteiger partial charge in [-0.1, -0.05) is 17.7 Å². The van der Waals surface area contributed by atoms with Crippen LogP contribution >= 0.6 is 22.9 Å². The first-order valence-electron chi connectivity index (χ1n) is 4.81. The van der Waals surface area contributed by atoms with Crippen molar-refractivity contribution in [1.82, 2.24) is 5.32 Å². The van der Waals surface area contributed by atoms with Crippen LogP contribution in [0.4, 0.5) is 0 Å². The van der Waals surface area contributed by atoms with Gasteiger partial charge in [0.15, 0.2) is 0 Å². The van der Waals surface area contributed by atoms with E-state index in [4.69, 9.17) is 11.6 Å². The van der Waals surface area contributed by atoms with Crippen LogP contribution in [0.5, 0.6) is 0 Å². The minimum Gasteiger partial charge on any atom is -0.309 e. The molecule has 1 heterocycles. The van der Waals surface area contributed by atoms with E-state index in [1.54, 1.807) is 11.3 Å². The Kier molecular flexibility index (Phi) is 5.23. The summed E-state index contributed by atoms with van der Waals surface area (Å²) in [7, 11) is 0. The fourth-order valence-corrected chi connectivity index (χ4v) is 2.23. The molecule has 1 rings (SSSR count). The Hall–Kier alpha value is -0.310. The molecule has 0 radical (unpaired) electrons. The van der Waals surface area contributed by atoms with Crippen LogP contribution in [0.15, 0.2) is 24.8 Å². The van der Waals surface area contributed by atoms with Gasteiger partial charge in [0.25, 0.3) is 0 Å². The lowest BCUT2D eigenvalue weighted by atomic mass is 10.2. The Morgan fingerprint density at radius 3 is 3.00 bits per heavy atom. The van der Waals surface area contributed by atoms with Crippen molar-refractivity contribution in [2.24, 2.45) is 0 Å². The van der Waals surface area contributed by atoms with Crippen molar-refractivity contribution in [2.45, 2.75) is 32.4 Å². The van der Waals surface area contributed by atoms with Crippen LogP contribution in [0.3, 0.4) is 0 Å². The van der Waals surface area contributed by atoms with Crippen LogP contribution in [0, 0.1) is 0 Å². The molecule has 1 unspecified atom stereocenters. The highest BCUT2D eigenvalue weighted by atomic mass is 35.5. The monoisotopic (exact) mass is 229 g/mol. The number of thiophene rings is 1. The Balaban J connectivity index is 2.23. The highest BCUT2D eigenvalue weighted by Gasteiger charge is 2.01. The fraction of sp³-hybridized carbons (Fsp3) is 0.455. The van der Waals surface area contributed by atoms with Crippen molar-refractivity contribution in [2.75, 3.05) is 0 Å². The molecule has 3 heteroatoms. The van der Waals surface area contributed by atoms with Crippen LogP contribution in [0.25, 0.3) is 0 Å². The first kappa shape index (κ1) is 11.8. The number of nitrogens with one attached hydrogen (secondary N) is 1. The van der Waals surface area contributed by atoms with E-state index in [0.29, 0.717) is 6.04 Å². The van der Waals surface area contributed by atoms with Gasteiger partial charge < -0.3 is 5.32 Å². The second-order valence-electron chi connectivity index (χ2n) is 3.35. The molecule has 0 spiro atoms. The van der Waals surface area contributed by atoms with Gasteiger partial charge in [-0.2, -0.15) is 0 Å². The standard InChI is InChI=1S/C11H16ClNS/c1-3-4-5-9(2)13-8-10-6-7-11(12)14-10/h3,6-7,9,13H,1,4-5,8H2,2H3. The molecule has 0 saturated carbocycles. The van der Waals surface area contributed by atoms with E-state index in [1.165, 1.54) is 4.88 Å². The van der Waals surface area contributed by atoms with Crippen molar-refractivity contribution in [3.05, 3.63) is 34.0 Å². The lowest BCUT2D eigenvalue weighted by Crippen LogP contribution is -2.24. The first-order valence-corrected chi connectivity index (χ1v) is 6.00. The summed E-state index contributed by atoms with van der Waals surface area (Å²) in [5, 5.41) is 3.45. The third-order valence-electron chi connectivity index (χ3n) is 2.06. The molecule has 0 aliphatic rings. The summed E-state index contributed by atoms with van der Waals surface area (Å²) in [4.78, 5) is 1.29. The van der Waals surface area contributed by atoms with Gasteiger partial charge in [0.05, 0.1) is 4.34 Å². The molecule has 0 aliphatic carbocycles. The normalized spacial score (nSPS) is 12.7. The van der Waals surface area contributed by atoms with Crippen LogP contribution in [-0.4, -0.2) is 6.04 Å². The average molecular weight is 230 g/mol. The van der Waals surface area contributed by atoms with Crippen LogP contribution in [-0.2, 0) is 6.54 Å². The van der Waals surface area contributed by atoms with Gasteiger partial charge in [-0.3, -0.25) is 0 Å². The smallest absolute Gasteiger partial charge is 0.0931 e. The summed E-state index contributed by atoms with van der Waals surface area (Å²) in [6.45, 7) is 6.82. The molecule has 0 aliphatic heterocycles. The number of allylic oxidation sites excluding steroid dienone is 1. The Morgan fingerprint density at radius 1 is 1.64 bits per heavy atom. The summed E-state index contributed by atoms with van der Waals surface area (Å²) in [5.74, 6) is 0. The van der Waals surface area contributed by atoms with Gasteiger partial charge in [0.1, 0.15) is 0 Å². The Morgan fingerprint density at radius 2 is 2.43 bits per heavy atom. The molecular formula is C11H16ClNS. The number of hydrogen-bond acceptors (Lipinski definition) is 2. The maximum atomic E-state index is 5.84. The average Bonchev–Trinajstić information content (AvgIpc) is 2.58. The lowest BCUT2D eigenvalue weighted by molar-refractivity contribution is 0.521. The third-order valence-corrected chi connectivity index (χ3v) is 3.29. The summed E-state index contributed by atoms with van der Waals surface area (Å²) in [5.41, 5.74) is 0.